The van der Waals surface area contributed by atoms with Crippen LogP contribution in [-0.4, -0.2) is 31.1 Å². The summed E-state index contributed by atoms with van der Waals surface area (Å²) >= 11 is 0. The van der Waals surface area contributed by atoms with E-state index in [9.17, 15) is 17.8 Å². The molecule has 10 heteroatoms. The van der Waals surface area contributed by atoms with Crippen molar-refractivity contribution in [3.63, 3.8) is 0 Å². The number of nitrogens with one attached hydrogen (secondary N) is 3. The maximum atomic E-state index is 12.1. The van der Waals surface area contributed by atoms with Crippen LogP contribution in [0.25, 0.3) is 0 Å². The van der Waals surface area contributed by atoms with Gasteiger partial charge in [-0.05, 0) is 24.1 Å². The molecule has 132 valence electrons. The molecule has 3 N–H and O–H groups in total. The van der Waals surface area contributed by atoms with Crippen LogP contribution in [0.2, 0.25) is 0 Å². The molecule has 1 aromatic heterocycles. The van der Waals surface area contributed by atoms with Crippen molar-refractivity contribution in [2.75, 3.05) is 0 Å². The van der Waals surface area contributed by atoms with Gasteiger partial charge in [-0.3, -0.25) is 4.79 Å². The largest absolute Gasteiger partial charge is 0.742 e. The van der Waals surface area contributed by atoms with E-state index in [2.05, 4.69) is 21.4 Å². The number of amides is 1. The lowest BCUT2D eigenvalue weighted by molar-refractivity contribution is -0.122. The first-order valence-electron chi connectivity index (χ1n) is 7.38. The lowest BCUT2D eigenvalue weighted by Crippen LogP contribution is -2.41. The van der Waals surface area contributed by atoms with Gasteiger partial charge in [0, 0.05) is 6.04 Å². The average Bonchev–Trinajstić information content (AvgIpc) is 3.25. The lowest BCUT2D eigenvalue weighted by Gasteiger charge is -2.08. The van der Waals surface area contributed by atoms with Crippen molar-refractivity contribution in [2.45, 2.75) is 23.6 Å². The first-order valence-corrected chi connectivity index (χ1v) is 8.79. The Morgan fingerprint density at radius 1 is 1.24 bits per heavy atom. The fraction of sp³-hybridized carbons (Fsp3) is 0.200. The normalized spacial score (nSPS) is 20.8. The Morgan fingerprint density at radius 2 is 2.00 bits per heavy atom. The minimum atomic E-state index is -4.65. The average molecular weight is 363 g/mol. The molecule has 1 saturated heterocycles. The maximum Gasteiger partial charge on any atom is 0.258 e. The lowest BCUT2D eigenvalue weighted by atomic mass is 10.0. The van der Waals surface area contributed by atoms with Gasteiger partial charge in [0.05, 0.1) is 6.21 Å². The number of furan rings is 1. The van der Waals surface area contributed by atoms with Gasteiger partial charge in [-0.25, -0.2) is 24.7 Å². The summed E-state index contributed by atoms with van der Waals surface area (Å²) in [5.41, 5.74) is 9.35. The van der Waals surface area contributed by atoms with Gasteiger partial charge in [0.15, 0.2) is 10.1 Å². The summed E-state index contributed by atoms with van der Waals surface area (Å²) in [5, 5.41) is 3.00. The Hall–Kier alpha value is -2.53. The molecule has 1 aliphatic heterocycles. The van der Waals surface area contributed by atoms with Crippen molar-refractivity contribution in [3.05, 3.63) is 53.8 Å². The Morgan fingerprint density at radius 3 is 2.68 bits per heavy atom. The van der Waals surface area contributed by atoms with E-state index in [0.29, 0.717) is 6.42 Å². The predicted molar refractivity (Wildman–Crippen MR) is 86.3 cm³/mol. The molecule has 2 atom stereocenters. The molecule has 2 aromatic rings. The van der Waals surface area contributed by atoms with E-state index in [1.807, 2.05) is 30.3 Å². The van der Waals surface area contributed by atoms with E-state index in [4.69, 9.17) is 4.42 Å². The van der Waals surface area contributed by atoms with E-state index < -0.39 is 21.3 Å². The van der Waals surface area contributed by atoms with Gasteiger partial charge in [-0.15, -0.1) is 0 Å². The van der Waals surface area contributed by atoms with Crippen LogP contribution in [0.15, 0.2) is 57.1 Å². The van der Waals surface area contributed by atoms with Crippen LogP contribution in [0, 0.1) is 0 Å². The second-order valence-electron chi connectivity index (χ2n) is 5.39. The molecule has 3 rings (SSSR count). The second kappa shape index (κ2) is 7.15. The van der Waals surface area contributed by atoms with Crippen molar-refractivity contribution in [3.8, 4) is 0 Å². The number of hydrogen-bond acceptors (Lipinski definition) is 8. The smallest absolute Gasteiger partial charge is 0.258 e. The zero-order valence-corrected chi connectivity index (χ0v) is 13.7. The van der Waals surface area contributed by atoms with Crippen LogP contribution in [0.4, 0.5) is 0 Å². The van der Waals surface area contributed by atoms with Crippen molar-refractivity contribution in [1.29, 1.82) is 0 Å². The Bertz CT molecular complexity index is 878. The molecule has 1 fully saturated rings. The molecule has 2 heterocycles. The summed E-state index contributed by atoms with van der Waals surface area (Å²) in [7, 11) is -4.65. The molecule has 0 saturated carbocycles. The number of hydrogen-bond donors (Lipinski definition) is 3. The first-order chi connectivity index (χ1) is 11.9. The van der Waals surface area contributed by atoms with Crippen LogP contribution < -0.4 is 16.3 Å². The van der Waals surface area contributed by atoms with Gasteiger partial charge < -0.3 is 8.97 Å². The van der Waals surface area contributed by atoms with Crippen LogP contribution in [0.3, 0.4) is 0 Å². The minimum Gasteiger partial charge on any atom is -0.742 e. The molecule has 0 radical (unpaired) electrons. The summed E-state index contributed by atoms with van der Waals surface area (Å²) < 4.78 is 37.1. The molecular weight excluding hydrogens is 348 g/mol. The first kappa shape index (κ1) is 17.3. The third-order valence-electron chi connectivity index (χ3n) is 3.64. The Balaban J connectivity index is 1.54. The summed E-state index contributed by atoms with van der Waals surface area (Å²) in [4.78, 5) is 12.1. The number of hydrazone groups is 1. The number of nitrogens with zero attached hydrogens (tertiary/aromatic N) is 1. The Kier molecular flexibility index (Phi) is 4.95. The third kappa shape index (κ3) is 4.31. The number of carbonyl (C=O) groups excluding carboxylic acids is 1. The fourth-order valence-corrected chi connectivity index (χ4v) is 2.84. The van der Waals surface area contributed by atoms with E-state index in [1.165, 1.54) is 6.07 Å². The van der Waals surface area contributed by atoms with E-state index in [1.54, 1.807) is 0 Å². The quantitative estimate of drug-likeness (QED) is 0.393. The molecule has 0 aliphatic carbocycles. The molecule has 1 aliphatic rings. The van der Waals surface area contributed by atoms with Crippen LogP contribution in [-0.2, 0) is 14.9 Å². The fourth-order valence-electron chi connectivity index (χ4n) is 2.41. The van der Waals surface area contributed by atoms with Crippen molar-refractivity contribution >= 4 is 22.2 Å². The van der Waals surface area contributed by atoms with E-state index >= 15 is 0 Å². The molecule has 2 unspecified atom stereocenters. The number of benzene rings is 1. The van der Waals surface area contributed by atoms with Crippen LogP contribution in [0.1, 0.15) is 23.8 Å². The monoisotopic (exact) mass is 363 g/mol. The summed E-state index contributed by atoms with van der Waals surface area (Å²) in [6.45, 7) is 0. The van der Waals surface area contributed by atoms with Crippen LogP contribution in [0.5, 0.6) is 0 Å². The topological polar surface area (TPSA) is 136 Å². The third-order valence-corrected chi connectivity index (χ3v) is 4.35. The van der Waals surface area contributed by atoms with Crippen molar-refractivity contribution < 1.29 is 22.2 Å². The maximum absolute atomic E-state index is 12.1. The highest BCUT2D eigenvalue weighted by Crippen LogP contribution is 2.21. The van der Waals surface area contributed by atoms with Gasteiger partial charge in [-0.2, -0.15) is 5.10 Å². The summed E-state index contributed by atoms with van der Waals surface area (Å²) in [5.74, 6) is -0.320. The van der Waals surface area contributed by atoms with Crippen molar-refractivity contribution in [2.24, 2.45) is 5.10 Å². The Labute approximate surface area is 143 Å². The van der Waals surface area contributed by atoms with Crippen molar-refractivity contribution in [1.82, 2.24) is 16.3 Å². The number of rotatable bonds is 5. The van der Waals surface area contributed by atoms with Gasteiger partial charge in [0.25, 0.3) is 5.91 Å². The number of carbonyl (C=O) groups is 1. The molecular formula is C15H15N4O5S-. The number of hydrazine groups is 1. The summed E-state index contributed by atoms with van der Waals surface area (Å²) in [6, 6.07) is 11.5. The molecule has 9 nitrogen and oxygen atoms in total. The molecule has 25 heavy (non-hydrogen) atoms. The van der Waals surface area contributed by atoms with E-state index in [-0.39, 0.29) is 17.7 Å². The van der Waals surface area contributed by atoms with Gasteiger partial charge >= 0.3 is 0 Å². The standard InChI is InChI=1S/C15H16N4O5S/c20-15(13-8-12(17-18-13)10-4-2-1-3-5-10)19-16-9-11-6-7-14(24-11)25(21,22)23/h1-7,9,12-13,17-18H,8H2,(H,19,20)(H,21,22,23)/p-1/b16-9+. The molecule has 0 bridgehead atoms. The zero-order chi connectivity index (χ0) is 17.9. The highest BCUT2D eigenvalue weighted by atomic mass is 32.2. The highest BCUT2D eigenvalue weighted by Gasteiger charge is 2.29. The van der Waals surface area contributed by atoms with Gasteiger partial charge in [0.2, 0.25) is 5.09 Å². The van der Waals surface area contributed by atoms with E-state index in [0.717, 1.165) is 17.8 Å². The molecule has 1 aromatic carbocycles. The van der Waals surface area contributed by atoms with Gasteiger partial charge in [0.1, 0.15) is 11.8 Å². The minimum absolute atomic E-state index is 0.0100. The predicted octanol–water partition coefficient (Wildman–Crippen LogP) is 0.242. The SMILES string of the molecule is O=C(N/N=C/c1ccc(S(=O)(=O)[O-])o1)C1CC(c2ccccc2)NN1. The molecule has 1 amide bonds. The van der Waals surface area contributed by atoms with Gasteiger partial charge in [-0.1, -0.05) is 30.3 Å². The zero-order valence-electron chi connectivity index (χ0n) is 12.9. The molecule has 0 spiro atoms. The van der Waals surface area contributed by atoms with Crippen LogP contribution >= 0.6 is 0 Å². The highest BCUT2D eigenvalue weighted by molar-refractivity contribution is 7.85. The summed E-state index contributed by atoms with van der Waals surface area (Å²) in [6.07, 6.45) is 1.66. The second-order valence-corrected chi connectivity index (χ2v) is 6.70.